The summed E-state index contributed by atoms with van der Waals surface area (Å²) >= 11 is 8.63. The van der Waals surface area contributed by atoms with Crippen LogP contribution in [-0.4, -0.2) is 24.0 Å². The zero-order valence-corrected chi connectivity index (χ0v) is 17.9. The summed E-state index contributed by atoms with van der Waals surface area (Å²) in [7, 11) is 1.50. The van der Waals surface area contributed by atoms with Crippen LogP contribution in [0.1, 0.15) is 28.8 Å². The summed E-state index contributed by atoms with van der Waals surface area (Å²) < 4.78 is 5.99. The number of halogens is 1. The second-order valence-electron chi connectivity index (χ2n) is 6.49. The molecule has 0 atom stereocenters. The Morgan fingerprint density at radius 1 is 1.14 bits per heavy atom. The molecule has 0 aromatic heterocycles. The van der Waals surface area contributed by atoms with Crippen molar-refractivity contribution in [2.24, 2.45) is 5.92 Å². The summed E-state index contributed by atoms with van der Waals surface area (Å²) in [6.07, 6.45) is 1.88. The van der Waals surface area contributed by atoms with Crippen molar-refractivity contribution in [3.05, 3.63) is 52.0 Å². The molecule has 3 N–H and O–H groups in total. The molecular formula is C20H20BrN3O3S. The Kier molecular flexibility index (Phi) is 6.31. The number of ether oxygens (including phenoxy) is 1. The molecule has 1 aliphatic rings. The number of benzene rings is 2. The summed E-state index contributed by atoms with van der Waals surface area (Å²) in [5.74, 6) is 0.227. The summed E-state index contributed by atoms with van der Waals surface area (Å²) in [6, 6.07) is 10.6. The molecule has 2 amide bonds. The first-order valence-corrected chi connectivity index (χ1v) is 9.95. The van der Waals surface area contributed by atoms with Gasteiger partial charge in [-0.05, 0) is 67.9 Å². The van der Waals surface area contributed by atoms with Gasteiger partial charge < -0.3 is 15.4 Å². The van der Waals surface area contributed by atoms with Gasteiger partial charge >= 0.3 is 0 Å². The molecule has 0 unspecified atom stereocenters. The highest BCUT2D eigenvalue weighted by atomic mass is 79.9. The van der Waals surface area contributed by atoms with Crippen LogP contribution in [0.25, 0.3) is 0 Å². The number of nitrogens with one attached hydrogen (secondary N) is 3. The minimum absolute atomic E-state index is 0.0397. The molecule has 0 radical (unpaired) electrons. The molecule has 2 aromatic carbocycles. The molecule has 6 nitrogen and oxygen atoms in total. The molecule has 0 aliphatic heterocycles. The molecule has 1 saturated carbocycles. The number of methoxy groups -OCH3 is 1. The van der Waals surface area contributed by atoms with Crippen molar-refractivity contribution in [2.45, 2.75) is 19.8 Å². The standard InChI is InChI=1S/C20H20BrN3O3S/c1-11-15(22-18(25)12-6-7-12)4-3-5-16(11)23-20(28)24-19(26)14-10-13(21)8-9-17(14)27-2/h3-5,8-10,12H,6-7H2,1-2H3,(H,22,25)(H2,23,24,26,28). The molecule has 1 aliphatic carbocycles. The predicted molar refractivity (Wildman–Crippen MR) is 117 cm³/mol. The number of amides is 2. The van der Waals surface area contributed by atoms with Crippen LogP contribution in [0.2, 0.25) is 0 Å². The van der Waals surface area contributed by atoms with Crippen molar-refractivity contribution in [3.8, 4) is 5.75 Å². The van der Waals surface area contributed by atoms with Crippen molar-refractivity contribution in [1.82, 2.24) is 5.32 Å². The van der Waals surface area contributed by atoms with E-state index in [1.165, 1.54) is 7.11 Å². The van der Waals surface area contributed by atoms with Crippen molar-refractivity contribution >= 4 is 56.4 Å². The Balaban J connectivity index is 1.68. The number of anilines is 2. The van der Waals surface area contributed by atoms with Gasteiger partial charge in [-0.1, -0.05) is 22.0 Å². The number of hydrogen-bond acceptors (Lipinski definition) is 4. The zero-order valence-electron chi connectivity index (χ0n) is 15.5. The lowest BCUT2D eigenvalue weighted by Crippen LogP contribution is -2.34. The smallest absolute Gasteiger partial charge is 0.261 e. The highest BCUT2D eigenvalue weighted by Gasteiger charge is 2.29. The molecule has 0 saturated heterocycles. The quantitative estimate of drug-likeness (QED) is 0.580. The summed E-state index contributed by atoms with van der Waals surface area (Å²) in [5, 5.41) is 8.77. The van der Waals surface area contributed by atoms with Gasteiger partial charge in [0.1, 0.15) is 5.75 Å². The van der Waals surface area contributed by atoms with Crippen LogP contribution in [0.15, 0.2) is 40.9 Å². The Labute approximate surface area is 177 Å². The van der Waals surface area contributed by atoms with Gasteiger partial charge in [-0.15, -0.1) is 0 Å². The average Bonchev–Trinajstić information content (AvgIpc) is 3.50. The van der Waals surface area contributed by atoms with Gasteiger partial charge in [-0.2, -0.15) is 0 Å². The van der Waals surface area contributed by atoms with E-state index in [4.69, 9.17) is 17.0 Å². The summed E-state index contributed by atoms with van der Waals surface area (Å²) in [4.78, 5) is 24.6. The maximum atomic E-state index is 12.6. The van der Waals surface area contributed by atoms with Crippen molar-refractivity contribution < 1.29 is 14.3 Å². The topological polar surface area (TPSA) is 79.5 Å². The van der Waals surface area contributed by atoms with E-state index >= 15 is 0 Å². The highest BCUT2D eigenvalue weighted by molar-refractivity contribution is 9.10. The van der Waals surface area contributed by atoms with E-state index in [0.717, 1.165) is 28.6 Å². The Morgan fingerprint density at radius 3 is 2.46 bits per heavy atom. The molecule has 0 heterocycles. The predicted octanol–water partition coefficient (Wildman–Crippen LogP) is 4.24. The first kappa shape index (κ1) is 20.3. The van der Waals surface area contributed by atoms with Gasteiger partial charge in [0, 0.05) is 21.8 Å². The van der Waals surface area contributed by atoms with Crippen LogP contribution in [0.4, 0.5) is 11.4 Å². The molecule has 0 spiro atoms. The third-order valence-electron chi connectivity index (χ3n) is 4.42. The first-order chi connectivity index (χ1) is 13.4. The van der Waals surface area contributed by atoms with E-state index in [1.807, 2.05) is 25.1 Å². The number of carbonyl (C=O) groups excluding carboxylic acids is 2. The number of thiocarbonyl (C=S) groups is 1. The summed E-state index contributed by atoms with van der Waals surface area (Å²) in [6.45, 7) is 1.88. The molecule has 0 bridgehead atoms. The highest BCUT2D eigenvalue weighted by Crippen LogP contribution is 2.31. The minimum Gasteiger partial charge on any atom is -0.496 e. The van der Waals surface area contributed by atoms with Gasteiger partial charge in [0.05, 0.1) is 12.7 Å². The second kappa shape index (κ2) is 8.70. The lowest BCUT2D eigenvalue weighted by atomic mass is 10.1. The molecule has 146 valence electrons. The summed E-state index contributed by atoms with van der Waals surface area (Å²) in [5.41, 5.74) is 2.64. The number of carbonyl (C=O) groups is 2. The van der Waals surface area contributed by atoms with Gasteiger partial charge in [-0.3, -0.25) is 14.9 Å². The van der Waals surface area contributed by atoms with Gasteiger partial charge in [-0.25, -0.2) is 0 Å². The fourth-order valence-corrected chi connectivity index (χ4v) is 3.23. The maximum absolute atomic E-state index is 12.6. The third-order valence-corrected chi connectivity index (χ3v) is 5.12. The molecule has 3 rings (SSSR count). The fraction of sp³-hybridized carbons (Fsp3) is 0.250. The Hall–Kier alpha value is -2.45. The maximum Gasteiger partial charge on any atom is 0.261 e. The zero-order chi connectivity index (χ0) is 20.3. The van der Waals surface area contributed by atoms with Crippen LogP contribution in [0.5, 0.6) is 5.75 Å². The Bertz CT molecular complexity index is 944. The van der Waals surface area contributed by atoms with Crippen molar-refractivity contribution in [2.75, 3.05) is 17.7 Å². The molecule has 8 heteroatoms. The largest absolute Gasteiger partial charge is 0.496 e. The first-order valence-electron chi connectivity index (χ1n) is 8.75. The fourth-order valence-electron chi connectivity index (χ4n) is 2.67. The molecular weight excluding hydrogens is 442 g/mol. The monoisotopic (exact) mass is 461 g/mol. The number of rotatable bonds is 5. The van der Waals surface area contributed by atoms with E-state index < -0.39 is 0 Å². The second-order valence-corrected chi connectivity index (χ2v) is 7.82. The molecule has 2 aromatic rings. The molecule has 28 heavy (non-hydrogen) atoms. The van der Waals surface area contributed by atoms with Crippen LogP contribution >= 0.6 is 28.1 Å². The molecule has 1 fully saturated rings. The SMILES string of the molecule is COc1ccc(Br)cc1C(=O)NC(=S)Nc1cccc(NC(=O)C2CC2)c1C. The van der Waals surface area contributed by atoms with E-state index in [1.54, 1.807) is 18.2 Å². The third kappa shape index (κ3) is 4.88. The normalized spacial score (nSPS) is 12.8. The van der Waals surface area contributed by atoms with Crippen LogP contribution in [0.3, 0.4) is 0 Å². The van der Waals surface area contributed by atoms with E-state index in [-0.39, 0.29) is 22.8 Å². The van der Waals surface area contributed by atoms with E-state index in [2.05, 4.69) is 31.9 Å². The average molecular weight is 462 g/mol. The van der Waals surface area contributed by atoms with Crippen LogP contribution in [0, 0.1) is 12.8 Å². The lowest BCUT2D eigenvalue weighted by Gasteiger charge is -2.15. The van der Waals surface area contributed by atoms with Crippen molar-refractivity contribution in [1.29, 1.82) is 0 Å². The van der Waals surface area contributed by atoms with Crippen LogP contribution < -0.4 is 20.7 Å². The van der Waals surface area contributed by atoms with Gasteiger partial charge in [0.2, 0.25) is 5.91 Å². The van der Waals surface area contributed by atoms with Crippen molar-refractivity contribution in [3.63, 3.8) is 0 Å². The minimum atomic E-state index is -0.383. The number of hydrogen-bond donors (Lipinski definition) is 3. The van der Waals surface area contributed by atoms with E-state index in [9.17, 15) is 9.59 Å². The van der Waals surface area contributed by atoms with Crippen LogP contribution in [-0.2, 0) is 4.79 Å². The lowest BCUT2D eigenvalue weighted by molar-refractivity contribution is -0.117. The Morgan fingerprint density at radius 2 is 1.82 bits per heavy atom. The van der Waals surface area contributed by atoms with Gasteiger partial charge in [0.25, 0.3) is 5.91 Å². The van der Waals surface area contributed by atoms with E-state index in [0.29, 0.717) is 17.0 Å². The van der Waals surface area contributed by atoms with Gasteiger partial charge in [0.15, 0.2) is 5.11 Å².